The molecule has 4 rings (SSSR count). The third kappa shape index (κ3) is 2.93. The molecule has 0 bridgehead atoms. The van der Waals surface area contributed by atoms with Gasteiger partial charge in [-0.3, -0.25) is 0 Å². The molecule has 9 atom stereocenters. The molecule has 0 N–H and O–H groups in total. The molecule has 28 heavy (non-hydrogen) atoms. The molecule has 0 spiro atoms. The summed E-state index contributed by atoms with van der Waals surface area (Å²) in [5.41, 5.74) is 2.56. The molecule has 4 aliphatic carbocycles. The third-order valence-electron chi connectivity index (χ3n) is 10.4. The molecule has 1 nitrogen and oxygen atoms in total. The standard InChI is InChI=1S/C27H41N/c1-6-7-20-10-13-26(4)21(17-20)16-19(3)25-23-9-8-22(18(2)12-15-28)27(23,5)14-11-24(25)26/h6,18,20-25H,1,3,7-14,16-17H2,2,4-5H3/t18-,20-,21?,22?,23+,24?,25?,26?,27?/m1/s1. The van der Waals surface area contributed by atoms with E-state index in [-0.39, 0.29) is 0 Å². The molecule has 0 amide bonds. The Hall–Kier alpha value is -1.03. The lowest BCUT2D eigenvalue weighted by Gasteiger charge is -2.62. The van der Waals surface area contributed by atoms with Crippen molar-refractivity contribution in [3.63, 3.8) is 0 Å². The van der Waals surface area contributed by atoms with Gasteiger partial charge in [0, 0.05) is 6.42 Å². The summed E-state index contributed by atoms with van der Waals surface area (Å²) in [6.07, 6.45) is 15.0. The second-order valence-corrected chi connectivity index (χ2v) is 11.5. The van der Waals surface area contributed by atoms with E-state index in [9.17, 15) is 5.26 Å². The van der Waals surface area contributed by atoms with Crippen LogP contribution in [-0.2, 0) is 0 Å². The molecule has 0 radical (unpaired) electrons. The first-order chi connectivity index (χ1) is 13.3. The van der Waals surface area contributed by atoms with Crippen LogP contribution in [0.4, 0.5) is 0 Å². The van der Waals surface area contributed by atoms with E-state index >= 15 is 0 Å². The second-order valence-electron chi connectivity index (χ2n) is 11.5. The molecule has 0 aliphatic heterocycles. The minimum absolute atomic E-state index is 0.434. The normalized spacial score (nSPS) is 48.7. The number of allylic oxidation sites excluding steroid dienone is 2. The van der Waals surface area contributed by atoms with Gasteiger partial charge in [0.25, 0.3) is 0 Å². The lowest BCUT2D eigenvalue weighted by Crippen LogP contribution is -2.54. The van der Waals surface area contributed by atoms with E-state index in [4.69, 9.17) is 6.58 Å². The van der Waals surface area contributed by atoms with Crippen molar-refractivity contribution in [2.24, 2.45) is 52.3 Å². The van der Waals surface area contributed by atoms with Gasteiger partial charge in [0.1, 0.15) is 0 Å². The van der Waals surface area contributed by atoms with Crippen LogP contribution in [0.3, 0.4) is 0 Å². The van der Waals surface area contributed by atoms with Crippen molar-refractivity contribution < 1.29 is 0 Å². The van der Waals surface area contributed by atoms with Crippen molar-refractivity contribution in [2.45, 2.75) is 85.0 Å². The van der Waals surface area contributed by atoms with E-state index in [2.05, 4.69) is 39.5 Å². The quantitative estimate of drug-likeness (QED) is 0.462. The zero-order valence-corrected chi connectivity index (χ0v) is 18.6. The van der Waals surface area contributed by atoms with Gasteiger partial charge in [0.05, 0.1) is 6.07 Å². The van der Waals surface area contributed by atoms with Crippen LogP contribution in [0.1, 0.15) is 85.0 Å². The van der Waals surface area contributed by atoms with E-state index in [1.54, 1.807) is 5.57 Å². The van der Waals surface area contributed by atoms with Crippen molar-refractivity contribution >= 4 is 0 Å². The molecule has 4 saturated carbocycles. The Bertz CT molecular complexity index is 670. The molecule has 154 valence electrons. The first-order valence-corrected chi connectivity index (χ1v) is 12.0. The highest BCUT2D eigenvalue weighted by Crippen LogP contribution is 2.69. The summed E-state index contributed by atoms with van der Waals surface area (Å²) in [4.78, 5) is 0. The Labute approximate surface area is 173 Å². The molecule has 0 heterocycles. The Morgan fingerprint density at radius 2 is 1.86 bits per heavy atom. The molecular formula is C27H41N. The van der Waals surface area contributed by atoms with Gasteiger partial charge < -0.3 is 0 Å². The number of nitrogens with zero attached hydrogens (tertiary/aromatic N) is 1. The summed E-state index contributed by atoms with van der Waals surface area (Å²) in [7, 11) is 0. The average molecular weight is 380 g/mol. The number of hydrogen-bond donors (Lipinski definition) is 0. The number of fused-ring (bicyclic) bond motifs is 5. The maximum absolute atomic E-state index is 9.26. The predicted molar refractivity (Wildman–Crippen MR) is 117 cm³/mol. The van der Waals surface area contributed by atoms with E-state index < -0.39 is 0 Å². The van der Waals surface area contributed by atoms with Crippen LogP contribution in [0.15, 0.2) is 24.8 Å². The van der Waals surface area contributed by atoms with Gasteiger partial charge in [0.2, 0.25) is 0 Å². The van der Waals surface area contributed by atoms with Crippen LogP contribution in [0.5, 0.6) is 0 Å². The maximum Gasteiger partial charge on any atom is 0.0624 e. The molecule has 4 fully saturated rings. The lowest BCUT2D eigenvalue weighted by molar-refractivity contribution is -0.0965. The minimum Gasteiger partial charge on any atom is -0.198 e. The predicted octanol–water partition coefficient (Wildman–Crippen LogP) is 7.55. The molecule has 0 aromatic heterocycles. The monoisotopic (exact) mass is 379 g/mol. The van der Waals surface area contributed by atoms with Gasteiger partial charge in [0.15, 0.2) is 0 Å². The van der Waals surface area contributed by atoms with Crippen LogP contribution < -0.4 is 0 Å². The van der Waals surface area contributed by atoms with Gasteiger partial charge in [-0.1, -0.05) is 39.0 Å². The SMILES string of the molecule is C=CC[C@@H]1CCC2(C)C(CC(=C)C3C2CCC2(C)C([C@H](C)CC#N)CC[C@@H]32)C1. The zero-order chi connectivity index (χ0) is 20.1. The second kappa shape index (κ2) is 7.34. The van der Waals surface area contributed by atoms with Crippen molar-refractivity contribution in [2.75, 3.05) is 0 Å². The van der Waals surface area contributed by atoms with Gasteiger partial charge >= 0.3 is 0 Å². The van der Waals surface area contributed by atoms with E-state index in [0.717, 1.165) is 41.9 Å². The largest absolute Gasteiger partial charge is 0.198 e. The molecule has 1 heteroatoms. The van der Waals surface area contributed by atoms with Crippen LogP contribution in [0.25, 0.3) is 0 Å². The van der Waals surface area contributed by atoms with Crippen LogP contribution >= 0.6 is 0 Å². The molecule has 6 unspecified atom stereocenters. The smallest absolute Gasteiger partial charge is 0.0624 e. The highest BCUT2D eigenvalue weighted by Gasteiger charge is 2.61. The Kier molecular flexibility index (Phi) is 5.31. The number of hydrogen-bond acceptors (Lipinski definition) is 1. The molecule has 0 aromatic rings. The molecular weight excluding hydrogens is 338 g/mol. The fourth-order valence-corrected chi connectivity index (χ4v) is 8.93. The Balaban J connectivity index is 1.59. The van der Waals surface area contributed by atoms with E-state index in [1.165, 1.54) is 57.8 Å². The van der Waals surface area contributed by atoms with Crippen LogP contribution in [-0.4, -0.2) is 0 Å². The summed E-state index contributed by atoms with van der Waals surface area (Å²) in [6, 6.07) is 2.46. The highest BCUT2D eigenvalue weighted by molar-refractivity contribution is 5.21. The molecule has 4 aliphatic rings. The van der Waals surface area contributed by atoms with Crippen molar-refractivity contribution in [1.82, 2.24) is 0 Å². The van der Waals surface area contributed by atoms with Crippen molar-refractivity contribution in [3.8, 4) is 6.07 Å². The summed E-state index contributed by atoms with van der Waals surface area (Å²) in [6.45, 7) is 16.3. The van der Waals surface area contributed by atoms with Gasteiger partial charge in [-0.25, -0.2) is 0 Å². The third-order valence-corrected chi connectivity index (χ3v) is 10.4. The first kappa shape index (κ1) is 20.3. The Morgan fingerprint density at radius 3 is 2.57 bits per heavy atom. The number of nitriles is 1. The molecule has 0 aromatic carbocycles. The zero-order valence-electron chi connectivity index (χ0n) is 18.6. The minimum atomic E-state index is 0.434. The summed E-state index contributed by atoms with van der Waals surface area (Å²) in [5.74, 6) is 5.40. The van der Waals surface area contributed by atoms with Gasteiger partial charge in [-0.2, -0.15) is 5.26 Å². The molecule has 0 saturated heterocycles. The fourth-order valence-electron chi connectivity index (χ4n) is 8.93. The summed E-state index contributed by atoms with van der Waals surface area (Å²) in [5, 5.41) is 9.26. The Morgan fingerprint density at radius 1 is 1.14 bits per heavy atom. The van der Waals surface area contributed by atoms with Crippen molar-refractivity contribution in [1.29, 1.82) is 5.26 Å². The lowest BCUT2D eigenvalue weighted by atomic mass is 9.43. The maximum atomic E-state index is 9.26. The van der Waals surface area contributed by atoms with E-state index in [1.807, 2.05) is 0 Å². The van der Waals surface area contributed by atoms with Gasteiger partial charge in [-0.05, 0) is 110 Å². The average Bonchev–Trinajstić information content (AvgIpc) is 3.00. The van der Waals surface area contributed by atoms with E-state index in [0.29, 0.717) is 16.7 Å². The summed E-state index contributed by atoms with van der Waals surface area (Å²) < 4.78 is 0. The fraction of sp³-hybridized carbons (Fsp3) is 0.815. The topological polar surface area (TPSA) is 23.8 Å². The van der Waals surface area contributed by atoms with Crippen LogP contribution in [0.2, 0.25) is 0 Å². The van der Waals surface area contributed by atoms with Crippen LogP contribution in [0, 0.1) is 63.6 Å². The van der Waals surface area contributed by atoms with Crippen molar-refractivity contribution in [3.05, 3.63) is 24.8 Å². The summed E-state index contributed by atoms with van der Waals surface area (Å²) >= 11 is 0. The number of rotatable bonds is 4. The first-order valence-electron chi connectivity index (χ1n) is 12.0. The van der Waals surface area contributed by atoms with Gasteiger partial charge in [-0.15, -0.1) is 6.58 Å². The highest BCUT2D eigenvalue weighted by atomic mass is 14.7.